The molecule has 0 radical (unpaired) electrons. The number of carbonyl (C=O) groups is 2. The predicted octanol–water partition coefficient (Wildman–Crippen LogP) is 5.11. The van der Waals surface area contributed by atoms with Gasteiger partial charge >= 0.3 is 6.03 Å². The number of aromatic amines is 1. The number of amides is 3. The molecule has 12 nitrogen and oxygen atoms in total. The maximum atomic E-state index is 12.6. The maximum absolute atomic E-state index is 12.6. The van der Waals surface area contributed by atoms with Crippen LogP contribution in [0.5, 0.6) is 5.75 Å². The van der Waals surface area contributed by atoms with Crippen LogP contribution in [0.3, 0.4) is 0 Å². The number of halogens is 1. The van der Waals surface area contributed by atoms with Crippen molar-refractivity contribution in [1.82, 2.24) is 20.1 Å². The molecule has 3 amide bonds. The third-order valence-corrected chi connectivity index (χ3v) is 7.31. The van der Waals surface area contributed by atoms with Crippen LogP contribution in [0, 0.1) is 0 Å². The van der Waals surface area contributed by atoms with E-state index in [1.807, 2.05) is 20.8 Å². The molecule has 5 rings (SSSR count). The summed E-state index contributed by atoms with van der Waals surface area (Å²) in [6.45, 7) is 10.3. The number of aromatic nitrogens is 3. The normalized spacial score (nSPS) is 14.0. The van der Waals surface area contributed by atoms with Crippen LogP contribution in [-0.2, 0) is 10.2 Å². The smallest absolute Gasteiger partial charge is 0.324 e. The second kappa shape index (κ2) is 12.9. The Morgan fingerprint density at radius 2 is 1.88 bits per heavy atom. The van der Waals surface area contributed by atoms with Crippen LogP contribution in [-0.4, -0.2) is 71.5 Å². The van der Waals surface area contributed by atoms with Gasteiger partial charge in [0.15, 0.2) is 5.82 Å². The number of morpholine rings is 1. The molecule has 0 atom stereocenters. The predicted molar refractivity (Wildman–Crippen MR) is 168 cm³/mol. The van der Waals surface area contributed by atoms with Gasteiger partial charge in [0.1, 0.15) is 12.4 Å². The summed E-state index contributed by atoms with van der Waals surface area (Å²) in [6.07, 6.45) is 1.66. The van der Waals surface area contributed by atoms with Gasteiger partial charge in [-0.3, -0.25) is 25.1 Å². The quantitative estimate of drug-likeness (QED) is 0.176. The van der Waals surface area contributed by atoms with Crippen molar-refractivity contribution in [2.45, 2.75) is 26.2 Å². The first kappa shape index (κ1) is 30.1. The molecule has 0 bridgehead atoms. The number of hydrogen-bond acceptors (Lipinski definition) is 8. The van der Waals surface area contributed by atoms with Gasteiger partial charge in [0.25, 0.3) is 5.91 Å². The number of urea groups is 1. The SMILES string of the molecule is CC(C)(C)c1cc(NC(=O)Nc2ccc(Nc3ccnc4cc(OCCN5CCOCC5)c(C(N)=O)cc34)cc2Cl)n[nH]1. The van der Waals surface area contributed by atoms with Crippen molar-refractivity contribution in [2.24, 2.45) is 5.73 Å². The second-order valence-corrected chi connectivity index (χ2v) is 11.6. The summed E-state index contributed by atoms with van der Waals surface area (Å²) in [7, 11) is 0. The Bertz CT molecular complexity index is 1630. The summed E-state index contributed by atoms with van der Waals surface area (Å²) in [5.41, 5.74) is 9.16. The minimum Gasteiger partial charge on any atom is -0.491 e. The molecule has 1 saturated heterocycles. The molecule has 1 fully saturated rings. The average Bonchev–Trinajstić information content (AvgIpc) is 3.44. The van der Waals surface area contributed by atoms with E-state index in [9.17, 15) is 9.59 Å². The lowest BCUT2D eigenvalue weighted by Gasteiger charge is -2.26. The van der Waals surface area contributed by atoms with Crippen molar-refractivity contribution in [2.75, 3.05) is 55.4 Å². The molecule has 226 valence electrons. The minimum absolute atomic E-state index is 0.129. The van der Waals surface area contributed by atoms with Crippen molar-refractivity contribution < 1.29 is 19.1 Å². The van der Waals surface area contributed by atoms with E-state index in [1.165, 1.54) is 0 Å². The lowest BCUT2D eigenvalue weighted by molar-refractivity contribution is 0.0322. The highest BCUT2D eigenvalue weighted by Gasteiger charge is 2.19. The number of benzene rings is 2. The van der Waals surface area contributed by atoms with Gasteiger partial charge in [0, 0.05) is 65.8 Å². The zero-order chi connectivity index (χ0) is 30.6. The van der Waals surface area contributed by atoms with Gasteiger partial charge in [0.05, 0.1) is 35.0 Å². The Labute approximate surface area is 254 Å². The minimum atomic E-state index is -0.598. The van der Waals surface area contributed by atoms with Crippen LogP contribution in [0.1, 0.15) is 36.8 Å². The first-order chi connectivity index (χ1) is 20.6. The van der Waals surface area contributed by atoms with E-state index in [1.54, 1.807) is 48.7 Å². The van der Waals surface area contributed by atoms with Gasteiger partial charge in [-0.2, -0.15) is 5.10 Å². The van der Waals surface area contributed by atoms with Gasteiger partial charge in [0.2, 0.25) is 0 Å². The number of carbonyl (C=O) groups excluding carboxylic acids is 2. The summed E-state index contributed by atoms with van der Waals surface area (Å²) in [5.74, 6) is 0.195. The third-order valence-electron chi connectivity index (χ3n) is 7.00. The first-order valence-electron chi connectivity index (χ1n) is 13.9. The molecule has 13 heteroatoms. The second-order valence-electron chi connectivity index (χ2n) is 11.2. The molecule has 43 heavy (non-hydrogen) atoms. The number of nitrogens with zero attached hydrogens (tertiary/aromatic N) is 3. The number of fused-ring (bicyclic) bond motifs is 1. The monoisotopic (exact) mass is 606 g/mol. The van der Waals surface area contributed by atoms with Crippen LogP contribution in [0.15, 0.2) is 48.7 Å². The van der Waals surface area contributed by atoms with Crippen molar-refractivity contribution in [1.29, 1.82) is 0 Å². The molecule has 0 spiro atoms. The molecule has 0 saturated carbocycles. The third kappa shape index (κ3) is 7.53. The van der Waals surface area contributed by atoms with Crippen LogP contribution >= 0.6 is 11.6 Å². The lowest BCUT2D eigenvalue weighted by atomic mass is 9.92. The molecule has 0 unspecified atom stereocenters. The number of H-pyrrole nitrogens is 1. The highest BCUT2D eigenvalue weighted by Crippen LogP contribution is 2.33. The Morgan fingerprint density at radius 3 is 2.58 bits per heavy atom. The topological polar surface area (TPSA) is 160 Å². The number of pyridine rings is 1. The Kier molecular flexibility index (Phi) is 9.00. The molecular weight excluding hydrogens is 572 g/mol. The Hall–Kier alpha value is -4.39. The van der Waals surface area contributed by atoms with Crippen molar-refractivity contribution >= 4 is 57.3 Å². The van der Waals surface area contributed by atoms with Gasteiger partial charge < -0.3 is 25.8 Å². The van der Waals surface area contributed by atoms with Crippen molar-refractivity contribution in [3.8, 4) is 5.75 Å². The fourth-order valence-corrected chi connectivity index (χ4v) is 4.82. The molecule has 1 aliphatic rings. The van der Waals surface area contributed by atoms with Gasteiger partial charge in [-0.05, 0) is 30.3 Å². The van der Waals surface area contributed by atoms with E-state index >= 15 is 0 Å². The van der Waals surface area contributed by atoms with Crippen LogP contribution in [0.4, 0.5) is 27.7 Å². The number of nitrogens with two attached hydrogens (primary N) is 1. The summed E-state index contributed by atoms with van der Waals surface area (Å²) in [5, 5.41) is 16.8. The van der Waals surface area contributed by atoms with E-state index in [4.69, 9.17) is 26.8 Å². The molecule has 0 aliphatic carbocycles. The highest BCUT2D eigenvalue weighted by atomic mass is 35.5. The zero-order valence-corrected chi connectivity index (χ0v) is 25.0. The van der Waals surface area contributed by atoms with Gasteiger partial charge in [-0.25, -0.2) is 4.79 Å². The highest BCUT2D eigenvalue weighted by molar-refractivity contribution is 6.34. The Morgan fingerprint density at radius 1 is 1.09 bits per heavy atom. The summed E-state index contributed by atoms with van der Waals surface area (Å²) >= 11 is 6.51. The molecule has 2 aromatic carbocycles. The van der Waals surface area contributed by atoms with Crippen LogP contribution in [0.25, 0.3) is 10.9 Å². The largest absolute Gasteiger partial charge is 0.491 e. The van der Waals surface area contributed by atoms with Crippen molar-refractivity contribution in [3.63, 3.8) is 0 Å². The van der Waals surface area contributed by atoms with Crippen LogP contribution in [0.2, 0.25) is 5.02 Å². The molecule has 2 aromatic heterocycles. The fourth-order valence-electron chi connectivity index (χ4n) is 4.59. The lowest BCUT2D eigenvalue weighted by Crippen LogP contribution is -2.38. The van der Waals surface area contributed by atoms with E-state index in [2.05, 4.69) is 36.0 Å². The number of ether oxygens (including phenoxy) is 2. The fraction of sp³-hybridized carbons (Fsp3) is 0.333. The number of anilines is 4. The molecule has 3 heterocycles. The number of nitrogens with one attached hydrogen (secondary N) is 4. The standard InChI is InChI=1S/C30H35ClN8O4/c1-30(2,3)26-17-27(38-37-26)36-29(41)35-23-5-4-18(14-21(23)31)34-22-6-7-33-24-16-25(20(28(32)40)15-19(22)24)43-13-10-39-8-11-42-12-9-39/h4-7,14-17H,8-13H2,1-3H3,(H2,32,40)(H,33,34)(H3,35,36,37,38,41). The Balaban J connectivity index is 1.27. The average molecular weight is 607 g/mol. The van der Waals surface area contributed by atoms with E-state index < -0.39 is 11.9 Å². The first-order valence-corrected chi connectivity index (χ1v) is 14.3. The van der Waals surface area contributed by atoms with E-state index in [0.29, 0.717) is 70.9 Å². The van der Waals surface area contributed by atoms with E-state index in [0.717, 1.165) is 18.8 Å². The number of primary amides is 1. The summed E-state index contributed by atoms with van der Waals surface area (Å²) < 4.78 is 11.4. The molecule has 4 aromatic rings. The summed E-state index contributed by atoms with van der Waals surface area (Å²) in [6, 6.07) is 11.7. The molecular formula is C30H35ClN8O4. The number of hydrogen-bond donors (Lipinski definition) is 5. The maximum Gasteiger partial charge on any atom is 0.324 e. The molecule has 1 aliphatic heterocycles. The van der Waals surface area contributed by atoms with E-state index in [-0.39, 0.29) is 11.0 Å². The zero-order valence-electron chi connectivity index (χ0n) is 24.3. The van der Waals surface area contributed by atoms with Crippen LogP contribution < -0.4 is 26.4 Å². The van der Waals surface area contributed by atoms with Crippen molar-refractivity contribution in [3.05, 3.63) is 64.9 Å². The summed E-state index contributed by atoms with van der Waals surface area (Å²) in [4.78, 5) is 31.6. The number of rotatable bonds is 9. The van der Waals surface area contributed by atoms with Gasteiger partial charge in [-0.15, -0.1) is 0 Å². The molecule has 6 N–H and O–H groups in total. The van der Waals surface area contributed by atoms with Gasteiger partial charge in [-0.1, -0.05) is 32.4 Å².